The largest absolute Gasteiger partial charge is 0.465 e. The maximum absolute atomic E-state index is 12.0. The van der Waals surface area contributed by atoms with Gasteiger partial charge in [0.1, 0.15) is 4.88 Å². The number of hydrogen-bond acceptors (Lipinski definition) is 4. The highest BCUT2D eigenvalue weighted by Gasteiger charge is 2.33. The predicted molar refractivity (Wildman–Crippen MR) is 102 cm³/mol. The van der Waals surface area contributed by atoms with E-state index in [2.05, 4.69) is 44.9 Å². The SMILES string of the molecule is COC(=O)c1scc([C@H]2CCCC(C#CC(C)(C)C)[C@@H]2C)c1NC=O. The number of hydrogen-bond donors (Lipinski definition) is 1. The number of nitrogens with one attached hydrogen (secondary N) is 1. The summed E-state index contributed by atoms with van der Waals surface area (Å²) in [6.45, 7) is 8.60. The van der Waals surface area contributed by atoms with Crippen molar-refractivity contribution >= 4 is 29.4 Å². The summed E-state index contributed by atoms with van der Waals surface area (Å²) in [5, 5.41) is 4.71. The van der Waals surface area contributed by atoms with Crippen LogP contribution in [0.15, 0.2) is 5.38 Å². The molecule has 1 N–H and O–H groups in total. The number of ether oxygens (including phenoxy) is 1. The molecule has 1 aromatic rings. The minimum Gasteiger partial charge on any atom is -0.465 e. The van der Waals surface area contributed by atoms with Crippen LogP contribution in [0, 0.1) is 29.1 Å². The van der Waals surface area contributed by atoms with E-state index in [0.29, 0.717) is 28.8 Å². The van der Waals surface area contributed by atoms with Crippen LogP contribution in [0.2, 0.25) is 0 Å². The van der Waals surface area contributed by atoms with Crippen LogP contribution < -0.4 is 5.32 Å². The molecule has 2 rings (SSSR count). The van der Waals surface area contributed by atoms with Gasteiger partial charge in [-0.3, -0.25) is 4.79 Å². The van der Waals surface area contributed by atoms with Gasteiger partial charge in [-0.1, -0.05) is 25.2 Å². The summed E-state index contributed by atoms with van der Waals surface area (Å²) in [6.07, 6.45) is 3.87. The van der Waals surface area contributed by atoms with Gasteiger partial charge in [0.05, 0.1) is 12.8 Å². The third kappa shape index (κ3) is 4.64. The van der Waals surface area contributed by atoms with Crippen molar-refractivity contribution in [1.82, 2.24) is 0 Å². The summed E-state index contributed by atoms with van der Waals surface area (Å²) in [5.41, 5.74) is 1.64. The van der Waals surface area contributed by atoms with Gasteiger partial charge in [-0.05, 0) is 56.4 Å². The van der Waals surface area contributed by atoms with Crippen molar-refractivity contribution in [1.29, 1.82) is 0 Å². The van der Waals surface area contributed by atoms with E-state index in [1.54, 1.807) is 0 Å². The maximum atomic E-state index is 12.0. The van der Waals surface area contributed by atoms with Gasteiger partial charge in [0.15, 0.2) is 0 Å². The summed E-state index contributed by atoms with van der Waals surface area (Å²) in [6, 6.07) is 0. The van der Waals surface area contributed by atoms with Crippen LogP contribution in [0.3, 0.4) is 0 Å². The highest BCUT2D eigenvalue weighted by Crippen LogP contribution is 2.46. The Bertz CT molecular complexity index is 690. The molecule has 25 heavy (non-hydrogen) atoms. The van der Waals surface area contributed by atoms with Crippen molar-refractivity contribution < 1.29 is 14.3 Å². The molecule has 3 atom stereocenters. The minimum atomic E-state index is -0.409. The van der Waals surface area contributed by atoms with Crippen molar-refractivity contribution in [2.24, 2.45) is 17.3 Å². The number of thiophene rings is 1. The van der Waals surface area contributed by atoms with E-state index >= 15 is 0 Å². The van der Waals surface area contributed by atoms with E-state index < -0.39 is 5.97 Å². The lowest BCUT2D eigenvalue weighted by molar-refractivity contribution is -0.105. The van der Waals surface area contributed by atoms with Gasteiger partial charge < -0.3 is 10.1 Å². The third-order valence-electron chi connectivity index (χ3n) is 4.73. The molecule has 0 bridgehead atoms. The molecule has 1 heterocycles. The molecule has 1 amide bonds. The summed E-state index contributed by atoms with van der Waals surface area (Å²) in [7, 11) is 1.35. The van der Waals surface area contributed by atoms with E-state index in [-0.39, 0.29) is 11.3 Å². The van der Waals surface area contributed by atoms with Crippen LogP contribution in [0.5, 0.6) is 0 Å². The van der Waals surface area contributed by atoms with Gasteiger partial charge in [-0.15, -0.1) is 11.3 Å². The van der Waals surface area contributed by atoms with E-state index in [9.17, 15) is 9.59 Å². The predicted octanol–water partition coefficient (Wildman–Crippen LogP) is 4.67. The fourth-order valence-electron chi connectivity index (χ4n) is 3.41. The summed E-state index contributed by atoms with van der Waals surface area (Å²) in [5.74, 6) is 7.43. The number of rotatable bonds is 4. The zero-order chi connectivity index (χ0) is 18.6. The molecular weight excluding hydrogens is 334 g/mol. The molecule has 0 radical (unpaired) electrons. The van der Waals surface area contributed by atoms with Gasteiger partial charge in [0.25, 0.3) is 0 Å². The average molecular weight is 362 g/mol. The second-order valence-corrected chi connectivity index (χ2v) is 8.55. The third-order valence-corrected chi connectivity index (χ3v) is 5.70. The standard InChI is InChI=1S/C20H27NO3S/c1-13-14(9-10-20(2,3)4)7-6-8-15(13)16-11-25-18(19(23)24-5)17(16)21-12-22/h11-15H,6-8H2,1-5H3,(H,21,22)/t13-,14?,15-/m0/s1. The normalized spacial score (nSPS) is 23.3. The maximum Gasteiger partial charge on any atom is 0.350 e. The highest BCUT2D eigenvalue weighted by molar-refractivity contribution is 7.12. The Labute approximate surface area is 154 Å². The van der Waals surface area contributed by atoms with Gasteiger partial charge in [0.2, 0.25) is 6.41 Å². The Balaban J connectivity index is 2.33. The van der Waals surface area contributed by atoms with Crippen molar-refractivity contribution in [2.45, 2.75) is 52.9 Å². The fourth-order valence-corrected chi connectivity index (χ4v) is 4.42. The number of anilines is 1. The van der Waals surface area contributed by atoms with Crippen molar-refractivity contribution in [3.63, 3.8) is 0 Å². The zero-order valence-electron chi connectivity index (χ0n) is 15.6. The van der Waals surface area contributed by atoms with E-state index in [1.807, 2.05) is 5.38 Å². The van der Waals surface area contributed by atoms with E-state index in [0.717, 1.165) is 24.8 Å². The molecule has 1 aliphatic carbocycles. The molecule has 1 aliphatic rings. The van der Waals surface area contributed by atoms with Gasteiger partial charge in [-0.2, -0.15) is 0 Å². The average Bonchev–Trinajstić information content (AvgIpc) is 2.96. The van der Waals surface area contributed by atoms with Crippen LogP contribution in [0.4, 0.5) is 5.69 Å². The number of methoxy groups -OCH3 is 1. The Morgan fingerprint density at radius 1 is 1.40 bits per heavy atom. The first-order valence-electron chi connectivity index (χ1n) is 8.71. The number of amides is 1. The van der Waals surface area contributed by atoms with Crippen LogP contribution in [0.1, 0.15) is 68.1 Å². The first kappa shape index (κ1) is 19.5. The van der Waals surface area contributed by atoms with Crippen LogP contribution in [0.25, 0.3) is 0 Å². The van der Waals surface area contributed by atoms with E-state index in [4.69, 9.17) is 4.74 Å². The molecule has 136 valence electrons. The molecule has 5 heteroatoms. The minimum absolute atomic E-state index is 0.00265. The van der Waals surface area contributed by atoms with Crippen molar-refractivity contribution in [2.75, 3.05) is 12.4 Å². The fraction of sp³-hybridized carbons (Fsp3) is 0.600. The first-order valence-corrected chi connectivity index (χ1v) is 9.59. The summed E-state index contributed by atoms with van der Waals surface area (Å²) >= 11 is 1.33. The van der Waals surface area contributed by atoms with Crippen LogP contribution in [-0.4, -0.2) is 19.5 Å². The lowest BCUT2D eigenvalue weighted by Gasteiger charge is -2.34. The monoisotopic (exact) mass is 361 g/mol. The quantitative estimate of drug-likeness (QED) is 0.481. The molecule has 0 aromatic carbocycles. The lowest BCUT2D eigenvalue weighted by Crippen LogP contribution is -2.24. The van der Waals surface area contributed by atoms with Gasteiger partial charge in [-0.25, -0.2) is 4.79 Å². The molecule has 4 nitrogen and oxygen atoms in total. The number of esters is 1. The van der Waals surface area contributed by atoms with E-state index in [1.165, 1.54) is 18.4 Å². The second kappa shape index (κ2) is 8.05. The Kier molecular flexibility index (Phi) is 6.29. The number of carbonyl (C=O) groups excluding carboxylic acids is 2. The van der Waals surface area contributed by atoms with Crippen molar-refractivity contribution in [3.8, 4) is 11.8 Å². The molecule has 1 saturated carbocycles. The molecule has 0 spiro atoms. The van der Waals surface area contributed by atoms with Crippen LogP contribution >= 0.6 is 11.3 Å². The molecule has 1 aromatic heterocycles. The smallest absolute Gasteiger partial charge is 0.350 e. The second-order valence-electron chi connectivity index (χ2n) is 7.67. The van der Waals surface area contributed by atoms with Crippen LogP contribution in [-0.2, 0) is 9.53 Å². The summed E-state index contributed by atoms with van der Waals surface area (Å²) in [4.78, 5) is 23.5. The lowest BCUT2D eigenvalue weighted by atomic mass is 9.70. The molecule has 1 unspecified atom stereocenters. The first-order chi connectivity index (χ1) is 11.8. The van der Waals surface area contributed by atoms with Gasteiger partial charge >= 0.3 is 5.97 Å². The molecule has 0 saturated heterocycles. The molecular formula is C20H27NO3S. The number of carbonyl (C=O) groups is 2. The zero-order valence-corrected chi connectivity index (χ0v) is 16.5. The molecule has 1 fully saturated rings. The Hall–Kier alpha value is -1.80. The Morgan fingerprint density at radius 2 is 2.12 bits per heavy atom. The molecule has 0 aliphatic heterocycles. The summed E-state index contributed by atoms with van der Waals surface area (Å²) < 4.78 is 4.84. The van der Waals surface area contributed by atoms with Gasteiger partial charge in [0, 0.05) is 11.3 Å². The highest BCUT2D eigenvalue weighted by atomic mass is 32.1. The Morgan fingerprint density at radius 3 is 2.72 bits per heavy atom. The van der Waals surface area contributed by atoms with Crippen molar-refractivity contribution in [3.05, 3.63) is 15.8 Å². The topological polar surface area (TPSA) is 55.4 Å².